The lowest BCUT2D eigenvalue weighted by Gasteiger charge is -2.28. The van der Waals surface area contributed by atoms with E-state index in [4.69, 9.17) is 5.14 Å². The monoisotopic (exact) mass is 282 g/mol. The molecule has 0 spiro atoms. The van der Waals surface area contributed by atoms with Crippen LogP contribution in [0.5, 0.6) is 0 Å². The summed E-state index contributed by atoms with van der Waals surface area (Å²) >= 11 is 0. The van der Waals surface area contributed by atoms with Gasteiger partial charge >= 0.3 is 0 Å². The van der Waals surface area contributed by atoms with Crippen LogP contribution in [0.3, 0.4) is 0 Å². The minimum atomic E-state index is -3.45. The van der Waals surface area contributed by atoms with E-state index in [9.17, 15) is 8.42 Å². The van der Waals surface area contributed by atoms with Crippen LogP contribution >= 0.6 is 0 Å². The third kappa shape index (κ3) is 4.84. The molecule has 1 aromatic rings. The van der Waals surface area contributed by atoms with Crippen molar-refractivity contribution in [3.63, 3.8) is 0 Å². The number of nitrogens with two attached hydrogens (primary N) is 1. The molecule has 19 heavy (non-hydrogen) atoms. The highest BCUT2D eigenvalue weighted by Gasteiger charge is 2.19. The Labute approximate surface area is 115 Å². The Hall–Kier alpha value is -1.07. The lowest BCUT2D eigenvalue weighted by Crippen LogP contribution is -2.23. The first-order chi connectivity index (χ1) is 8.92. The molecule has 0 amide bonds. The molecule has 1 aliphatic carbocycles. The Bertz CT molecular complexity index is 507. The van der Waals surface area contributed by atoms with Crippen molar-refractivity contribution in [3.8, 4) is 0 Å². The smallest absolute Gasteiger partial charge is 0.213 e. The van der Waals surface area contributed by atoms with Crippen LogP contribution < -0.4 is 10.5 Å². The van der Waals surface area contributed by atoms with Crippen molar-refractivity contribution in [3.05, 3.63) is 29.8 Å². The normalized spacial score (nSPS) is 17.8. The average Bonchev–Trinajstić information content (AvgIpc) is 2.24. The predicted octanol–water partition coefficient (Wildman–Crippen LogP) is 2.47. The topological polar surface area (TPSA) is 72.2 Å². The van der Waals surface area contributed by atoms with Gasteiger partial charge in [0.05, 0.1) is 5.75 Å². The van der Waals surface area contributed by atoms with E-state index in [0.717, 1.165) is 17.2 Å². The molecule has 0 heterocycles. The Morgan fingerprint density at radius 1 is 1.32 bits per heavy atom. The van der Waals surface area contributed by atoms with Crippen molar-refractivity contribution in [2.24, 2.45) is 11.1 Å². The highest BCUT2D eigenvalue weighted by Crippen LogP contribution is 2.31. The fourth-order valence-corrected chi connectivity index (χ4v) is 3.16. The average molecular weight is 282 g/mol. The van der Waals surface area contributed by atoms with Crippen molar-refractivity contribution >= 4 is 15.7 Å². The number of anilines is 1. The maximum Gasteiger partial charge on any atom is 0.213 e. The highest BCUT2D eigenvalue weighted by atomic mass is 32.2. The van der Waals surface area contributed by atoms with E-state index in [1.54, 1.807) is 0 Å². The van der Waals surface area contributed by atoms with Gasteiger partial charge in [0.25, 0.3) is 0 Å². The summed E-state index contributed by atoms with van der Waals surface area (Å²) in [5.41, 5.74) is 1.75. The molecule has 2 rings (SSSR count). The lowest BCUT2D eigenvalue weighted by atomic mass is 9.81. The zero-order chi connectivity index (χ0) is 13.9. The van der Waals surface area contributed by atoms with Crippen molar-refractivity contribution in [2.75, 3.05) is 5.32 Å². The molecule has 3 N–H and O–H groups in total. The lowest BCUT2D eigenvalue weighted by molar-refractivity contribution is 0.286. The van der Waals surface area contributed by atoms with Gasteiger partial charge in [-0.2, -0.15) is 0 Å². The molecule has 0 aromatic heterocycles. The summed E-state index contributed by atoms with van der Waals surface area (Å²) < 4.78 is 22.0. The predicted molar refractivity (Wildman–Crippen MR) is 78.3 cm³/mol. The minimum absolute atomic E-state index is 0.106. The standard InChI is InChI=1S/C14H22N2O2S/c1-11(9-12-3-2-4-12)16-14-7-5-13(6-8-14)10-19(15,17)18/h5-8,11-12,16H,2-4,9-10H2,1H3,(H2,15,17,18). The molecular formula is C14H22N2O2S. The molecule has 1 aromatic carbocycles. The molecule has 1 unspecified atom stereocenters. The molecule has 1 saturated carbocycles. The van der Waals surface area contributed by atoms with Gasteiger partial charge in [-0.25, -0.2) is 13.6 Å². The number of hydrogen-bond donors (Lipinski definition) is 2. The highest BCUT2D eigenvalue weighted by molar-refractivity contribution is 7.88. The van der Waals surface area contributed by atoms with E-state index in [1.807, 2.05) is 24.3 Å². The summed E-state index contributed by atoms with van der Waals surface area (Å²) in [5, 5.41) is 8.47. The van der Waals surface area contributed by atoms with Gasteiger partial charge in [0, 0.05) is 11.7 Å². The van der Waals surface area contributed by atoms with E-state index < -0.39 is 10.0 Å². The molecule has 1 aliphatic rings. The quantitative estimate of drug-likeness (QED) is 0.842. The molecule has 1 atom stereocenters. The fraction of sp³-hybridized carbons (Fsp3) is 0.571. The maximum absolute atomic E-state index is 11.0. The second-order valence-corrected chi connectivity index (χ2v) is 7.20. The first-order valence-electron chi connectivity index (χ1n) is 6.78. The summed E-state index contributed by atoms with van der Waals surface area (Å²) in [6, 6.07) is 7.90. The van der Waals surface area contributed by atoms with Gasteiger partial charge in [0.15, 0.2) is 0 Å². The van der Waals surface area contributed by atoms with E-state index in [0.29, 0.717) is 6.04 Å². The number of rotatable bonds is 6. The van der Waals surface area contributed by atoms with Crippen LogP contribution in [0, 0.1) is 5.92 Å². The third-order valence-electron chi connectivity index (χ3n) is 3.65. The van der Waals surface area contributed by atoms with Gasteiger partial charge in [-0.1, -0.05) is 31.4 Å². The van der Waals surface area contributed by atoms with Crippen LogP contribution in [-0.2, 0) is 15.8 Å². The second kappa shape index (κ2) is 5.92. The molecule has 0 aliphatic heterocycles. The molecule has 1 fully saturated rings. The van der Waals surface area contributed by atoms with E-state index in [-0.39, 0.29) is 5.75 Å². The number of primary sulfonamides is 1. The van der Waals surface area contributed by atoms with Gasteiger partial charge in [0.2, 0.25) is 10.0 Å². The Morgan fingerprint density at radius 3 is 2.42 bits per heavy atom. The van der Waals surface area contributed by atoms with Gasteiger partial charge in [-0.15, -0.1) is 0 Å². The van der Waals surface area contributed by atoms with E-state index in [1.165, 1.54) is 25.7 Å². The van der Waals surface area contributed by atoms with E-state index in [2.05, 4.69) is 12.2 Å². The number of nitrogens with one attached hydrogen (secondary N) is 1. The SMILES string of the molecule is CC(CC1CCC1)Nc1ccc(CS(N)(=O)=O)cc1. The van der Waals surface area contributed by atoms with Crippen molar-refractivity contribution in [2.45, 2.75) is 44.4 Å². The number of sulfonamides is 1. The summed E-state index contributed by atoms with van der Waals surface area (Å²) in [5.74, 6) is 0.773. The molecule has 5 heteroatoms. The number of benzene rings is 1. The summed E-state index contributed by atoms with van der Waals surface area (Å²) in [7, 11) is -3.45. The maximum atomic E-state index is 11.0. The Morgan fingerprint density at radius 2 is 1.95 bits per heavy atom. The van der Waals surface area contributed by atoms with Crippen molar-refractivity contribution in [1.82, 2.24) is 0 Å². The van der Waals surface area contributed by atoms with Crippen LogP contribution in [0.4, 0.5) is 5.69 Å². The molecule has 0 radical (unpaired) electrons. The first-order valence-corrected chi connectivity index (χ1v) is 8.50. The van der Waals surface area contributed by atoms with Crippen molar-refractivity contribution < 1.29 is 8.42 Å². The van der Waals surface area contributed by atoms with Gasteiger partial charge in [-0.3, -0.25) is 0 Å². The third-order valence-corrected chi connectivity index (χ3v) is 4.38. The Balaban J connectivity index is 1.87. The molecule has 106 valence electrons. The zero-order valence-electron chi connectivity index (χ0n) is 11.3. The van der Waals surface area contributed by atoms with Crippen molar-refractivity contribution in [1.29, 1.82) is 0 Å². The first kappa shape index (κ1) is 14.3. The van der Waals surface area contributed by atoms with Crippen LogP contribution in [0.25, 0.3) is 0 Å². The Kier molecular flexibility index (Phi) is 4.47. The molecule has 0 bridgehead atoms. The van der Waals surface area contributed by atoms with Crippen LogP contribution in [0.1, 0.15) is 38.2 Å². The van der Waals surface area contributed by atoms with E-state index >= 15 is 0 Å². The summed E-state index contributed by atoms with van der Waals surface area (Å²) in [6.45, 7) is 2.19. The zero-order valence-corrected chi connectivity index (χ0v) is 12.1. The van der Waals surface area contributed by atoms with Gasteiger partial charge in [-0.05, 0) is 37.0 Å². The molecule has 0 saturated heterocycles. The van der Waals surface area contributed by atoms with Crippen LogP contribution in [0.2, 0.25) is 0 Å². The molecular weight excluding hydrogens is 260 g/mol. The van der Waals surface area contributed by atoms with Crippen LogP contribution in [-0.4, -0.2) is 14.5 Å². The summed E-state index contributed by atoms with van der Waals surface area (Å²) in [6.07, 6.45) is 5.30. The van der Waals surface area contributed by atoms with Crippen LogP contribution in [0.15, 0.2) is 24.3 Å². The minimum Gasteiger partial charge on any atom is -0.383 e. The second-order valence-electron chi connectivity index (χ2n) is 5.58. The fourth-order valence-electron chi connectivity index (χ4n) is 2.50. The molecule has 4 nitrogen and oxygen atoms in total. The summed E-state index contributed by atoms with van der Waals surface area (Å²) in [4.78, 5) is 0. The van der Waals surface area contributed by atoms with Gasteiger partial charge < -0.3 is 5.32 Å². The number of hydrogen-bond acceptors (Lipinski definition) is 3. The largest absolute Gasteiger partial charge is 0.383 e. The van der Waals surface area contributed by atoms with Gasteiger partial charge in [0.1, 0.15) is 0 Å².